The van der Waals surface area contributed by atoms with Crippen LogP contribution in [0.15, 0.2) is 23.6 Å². The molecule has 1 saturated heterocycles. The second-order valence-corrected chi connectivity index (χ2v) is 8.31. The fourth-order valence-electron chi connectivity index (χ4n) is 3.37. The molecule has 0 unspecified atom stereocenters. The number of nitro groups is 1. The fraction of sp³-hybridized carbons (Fsp3) is 0.450. The molecule has 2 aromatic rings. The van der Waals surface area contributed by atoms with Crippen LogP contribution in [-0.4, -0.2) is 46.3 Å². The van der Waals surface area contributed by atoms with Gasteiger partial charge in [-0.2, -0.15) is 0 Å². The Kier molecular flexibility index (Phi) is 7.11. The summed E-state index contributed by atoms with van der Waals surface area (Å²) >= 11 is 1.42. The highest BCUT2D eigenvalue weighted by atomic mass is 32.1. The number of carbonyl (C=O) groups excluding carboxylic acids is 2. The van der Waals surface area contributed by atoms with Crippen molar-refractivity contribution in [1.82, 2.24) is 9.88 Å². The number of aryl methyl sites for hydroxylation is 2. The van der Waals surface area contributed by atoms with Crippen molar-refractivity contribution in [3.05, 3.63) is 45.0 Å². The average Bonchev–Trinajstić information content (AvgIpc) is 3.12. The van der Waals surface area contributed by atoms with Crippen LogP contribution in [0.4, 0.5) is 16.5 Å². The van der Waals surface area contributed by atoms with Gasteiger partial charge in [0.2, 0.25) is 11.8 Å². The molecule has 0 atom stereocenters. The molecule has 0 aliphatic carbocycles. The highest BCUT2D eigenvalue weighted by Crippen LogP contribution is 2.23. The minimum absolute atomic E-state index is 0.00268. The van der Waals surface area contributed by atoms with Crippen LogP contribution in [0, 0.1) is 29.9 Å². The first-order chi connectivity index (χ1) is 14.3. The van der Waals surface area contributed by atoms with Crippen molar-refractivity contribution in [2.45, 2.75) is 33.1 Å². The number of aromatic nitrogens is 1. The minimum Gasteiger partial charge on any atom is -0.326 e. The quantitative estimate of drug-likeness (QED) is 0.513. The fourth-order valence-corrected chi connectivity index (χ4v) is 4.06. The minimum atomic E-state index is -0.481. The number of non-ortho nitro benzene ring substituents is 1. The third kappa shape index (κ3) is 5.83. The predicted octanol–water partition coefficient (Wildman–Crippen LogP) is 3.35. The van der Waals surface area contributed by atoms with E-state index in [0.717, 1.165) is 37.2 Å². The van der Waals surface area contributed by atoms with E-state index in [0.29, 0.717) is 17.4 Å². The van der Waals surface area contributed by atoms with Crippen molar-refractivity contribution in [1.29, 1.82) is 0 Å². The molecular formula is C20H25N5O4S. The van der Waals surface area contributed by atoms with E-state index >= 15 is 0 Å². The number of hydrogen-bond donors (Lipinski definition) is 2. The van der Waals surface area contributed by atoms with Crippen molar-refractivity contribution in [3.63, 3.8) is 0 Å². The van der Waals surface area contributed by atoms with Crippen LogP contribution < -0.4 is 10.6 Å². The summed E-state index contributed by atoms with van der Waals surface area (Å²) in [5.74, 6) is -0.229. The summed E-state index contributed by atoms with van der Waals surface area (Å²) in [5.41, 5.74) is 2.08. The molecule has 10 heteroatoms. The van der Waals surface area contributed by atoms with Crippen LogP contribution in [0.5, 0.6) is 0 Å². The Morgan fingerprint density at radius 1 is 1.27 bits per heavy atom. The number of hydrogen-bond acceptors (Lipinski definition) is 7. The van der Waals surface area contributed by atoms with Crippen LogP contribution in [0.1, 0.15) is 30.5 Å². The molecule has 1 aliphatic rings. The monoisotopic (exact) mass is 431 g/mol. The van der Waals surface area contributed by atoms with Crippen molar-refractivity contribution >= 4 is 39.7 Å². The molecular weight excluding hydrogens is 406 g/mol. The number of likely N-dealkylation sites (tertiary alicyclic amines) is 1. The first kappa shape index (κ1) is 21.8. The lowest BCUT2D eigenvalue weighted by Gasteiger charge is -2.30. The number of nitrogens with zero attached hydrogens (tertiary/aromatic N) is 3. The number of carbonyl (C=O) groups is 2. The van der Waals surface area contributed by atoms with E-state index in [1.54, 1.807) is 13.0 Å². The smallest absolute Gasteiger partial charge is 0.271 e. The Morgan fingerprint density at radius 2 is 2.00 bits per heavy atom. The summed E-state index contributed by atoms with van der Waals surface area (Å²) in [6, 6.07) is 4.42. The van der Waals surface area contributed by atoms with E-state index < -0.39 is 4.92 Å². The molecule has 1 fully saturated rings. The maximum Gasteiger partial charge on any atom is 0.271 e. The van der Waals surface area contributed by atoms with Crippen molar-refractivity contribution in [3.8, 4) is 0 Å². The SMILES string of the molecule is Cc1csc(NC(=O)C2CCN(CCC(=O)Nc3cc([N+](=O)[O-])ccc3C)CC2)n1. The summed E-state index contributed by atoms with van der Waals surface area (Å²) in [5, 5.41) is 19.1. The van der Waals surface area contributed by atoms with Gasteiger partial charge in [-0.25, -0.2) is 4.98 Å². The maximum absolute atomic E-state index is 12.4. The lowest BCUT2D eigenvalue weighted by atomic mass is 9.96. The van der Waals surface area contributed by atoms with Gasteiger partial charge in [-0.1, -0.05) is 6.07 Å². The number of nitrogens with one attached hydrogen (secondary N) is 2. The zero-order chi connectivity index (χ0) is 21.7. The number of anilines is 2. The largest absolute Gasteiger partial charge is 0.326 e. The van der Waals surface area contributed by atoms with Gasteiger partial charge < -0.3 is 15.5 Å². The van der Waals surface area contributed by atoms with Gasteiger partial charge >= 0.3 is 0 Å². The summed E-state index contributed by atoms with van der Waals surface area (Å²) in [6.07, 6.45) is 1.76. The topological polar surface area (TPSA) is 117 Å². The molecule has 2 heterocycles. The van der Waals surface area contributed by atoms with Crippen LogP contribution >= 0.6 is 11.3 Å². The molecule has 3 rings (SSSR count). The third-order valence-electron chi connectivity index (χ3n) is 5.17. The maximum atomic E-state index is 12.4. The first-order valence-electron chi connectivity index (χ1n) is 9.82. The van der Waals surface area contributed by atoms with Gasteiger partial charge in [0.25, 0.3) is 5.69 Å². The normalized spacial score (nSPS) is 15.0. The van der Waals surface area contributed by atoms with E-state index in [4.69, 9.17) is 0 Å². The molecule has 30 heavy (non-hydrogen) atoms. The Bertz CT molecular complexity index is 937. The molecule has 0 spiro atoms. The third-order valence-corrected chi connectivity index (χ3v) is 6.04. The summed E-state index contributed by atoms with van der Waals surface area (Å²) in [7, 11) is 0. The van der Waals surface area contributed by atoms with Gasteiger partial charge in [-0.05, 0) is 45.3 Å². The van der Waals surface area contributed by atoms with E-state index in [1.165, 1.54) is 23.5 Å². The van der Waals surface area contributed by atoms with Crippen LogP contribution in [0.2, 0.25) is 0 Å². The molecule has 2 amide bonds. The number of piperidine rings is 1. The molecule has 0 bridgehead atoms. The van der Waals surface area contributed by atoms with Crippen LogP contribution in [0.3, 0.4) is 0 Å². The number of amides is 2. The number of rotatable bonds is 7. The zero-order valence-corrected chi connectivity index (χ0v) is 17.8. The van der Waals surface area contributed by atoms with Crippen molar-refractivity contribution in [2.24, 2.45) is 5.92 Å². The molecule has 0 radical (unpaired) electrons. The van der Waals surface area contributed by atoms with E-state index in [2.05, 4.69) is 20.5 Å². The highest BCUT2D eigenvalue weighted by molar-refractivity contribution is 7.13. The van der Waals surface area contributed by atoms with Crippen molar-refractivity contribution < 1.29 is 14.5 Å². The molecule has 1 aliphatic heterocycles. The van der Waals surface area contributed by atoms with Gasteiger partial charge in [0.15, 0.2) is 5.13 Å². The first-order valence-corrected chi connectivity index (χ1v) is 10.7. The Morgan fingerprint density at radius 3 is 2.63 bits per heavy atom. The second-order valence-electron chi connectivity index (χ2n) is 7.45. The molecule has 9 nitrogen and oxygen atoms in total. The number of nitro benzene ring substituents is 1. The van der Waals surface area contributed by atoms with E-state index in [-0.39, 0.29) is 29.8 Å². The van der Waals surface area contributed by atoms with Gasteiger partial charge in [-0.3, -0.25) is 19.7 Å². The lowest BCUT2D eigenvalue weighted by molar-refractivity contribution is -0.384. The number of benzene rings is 1. The summed E-state index contributed by atoms with van der Waals surface area (Å²) < 4.78 is 0. The molecule has 1 aromatic heterocycles. The lowest BCUT2D eigenvalue weighted by Crippen LogP contribution is -2.39. The average molecular weight is 432 g/mol. The van der Waals surface area contributed by atoms with Gasteiger partial charge in [-0.15, -0.1) is 11.3 Å². The Hall–Kier alpha value is -2.85. The zero-order valence-electron chi connectivity index (χ0n) is 17.0. The molecule has 1 aromatic carbocycles. The number of thiazole rings is 1. The molecule has 0 saturated carbocycles. The van der Waals surface area contributed by atoms with Crippen LogP contribution in [0.25, 0.3) is 0 Å². The highest BCUT2D eigenvalue weighted by Gasteiger charge is 2.25. The standard InChI is InChI=1S/C20H25N5O4S/c1-13-3-4-16(25(28)29)11-17(13)22-18(26)7-10-24-8-5-15(6-9-24)19(27)23-20-21-14(2)12-30-20/h3-4,11-12,15H,5-10H2,1-2H3,(H,22,26)(H,21,23,27). The van der Waals surface area contributed by atoms with E-state index in [1.807, 2.05) is 12.3 Å². The molecule has 160 valence electrons. The van der Waals surface area contributed by atoms with Crippen LogP contribution in [-0.2, 0) is 9.59 Å². The van der Waals surface area contributed by atoms with Gasteiger partial charge in [0.1, 0.15) is 0 Å². The molecule has 2 N–H and O–H groups in total. The van der Waals surface area contributed by atoms with E-state index in [9.17, 15) is 19.7 Å². The van der Waals surface area contributed by atoms with Gasteiger partial charge in [0.05, 0.1) is 16.3 Å². The summed E-state index contributed by atoms with van der Waals surface area (Å²) in [4.78, 5) is 41.5. The second kappa shape index (κ2) is 9.77. The predicted molar refractivity (Wildman–Crippen MR) is 116 cm³/mol. The van der Waals surface area contributed by atoms with Crippen molar-refractivity contribution in [2.75, 3.05) is 30.3 Å². The summed E-state index contributed by atoms with van der Waals surface area (Å²) in [6.45, 7) is 5.76. The van der Waals surface area contributed by atoms with Gasteiger partial charge in [0, 0.05) is 36.4 Å². The Labute approximate surface area is 178 Å². The Balaban J connectivity index is 1.42.